The number of aliphatic hydroxyl groups is 1. The van der Waals surface area contributed by atoms with Crippen molar-refractivity contribution in [1.29, 1.82) is 0 Å². The summed E-state index contributed by atoms with van der Waals surface area (Å²) >= 11 is 0. The summed E-state index contributed by atoms with van der Waals surface area (Å²) in [6.07, 6.45) is 0.573. The highest BCUT2D eigenvalue weighted by molar-refractivity contribution is 6.04. The monoisotopic (exact) mass is 289 g/mol. The van der Waals surface area contributed by atoms with E-state index in [0.29, 0.717) is 17.7 Å². The first kappa shape index (κ1) is 15.0. The third kappa shape index (κ3) is 3.79. The third-order valence-electron chi connectivity index (χ3n) is 3.03. The Morgan fingerprint density at radius 3 is 2.57 bits per heavy atom. The molecule has 0 saturated carbocycles. The topological polar surface area (TPSA) is 58.6 Å². The normalized spacial score (nSPS) is 10.2. The predicted molar refractivity (Wildman–Crippen MR) is 78.1 cm³/mol. The SMILES string of the molecule is COc1cc(C(=O)Nc2ccc(CCO)cc2)ccc1F. The highest BCUT2D eigenvalue weighted by atomic mass is 19.1. The van der Waals surface area contributed by atoms with Crippen LogP contribution >= 0.6 is 0 Å². The van der Waals surface area contributed by atoms with Crippen molar-refractivity contribution in [3.63, 3.8) is 0 Å². The van der Waals surface area contributed by atoms with Crippen LogP contribution in [0.2, 0.25) is 0 Å². The van der Waals surface area contributed by atoms with Gasteiger partial charge in [-0.15, -0.1) is 0 Å². The van der Waals surface area contributed by atoms with Crippen molar-refractivity contribution in [3.05, 3.63) is 59.4 Å². The van der Waals surface area contributed by atoms with Crippen LogP contribution in [0.5, 0.6) is 5.75 Å². The molecular formula is C16H16FNO3. The molecule has 0 radical (unpaired) electrons. The fourth-order valence-corrected chi connectivity index (χ4v) is 1.89. The van der Waals surface area contributed by atoms with Crippen molar-refractivity contribution in [1.82, 2.24) is 0 Å². The fraction of sp³-hybridized carbons (Fsp3) is 0.188. The molecule has 2 aromatic carbocycles. The molecule has 5 heteroatoms. The summed E-state index contributed by atoms with van der Waals surface area (Å²) in [5.41, 5.74) is 1.93. The minimum Gasteiger partial charge on any atom is -0.494 e. The quantitative estimate of drug-likeness (QED) is 0.889. The highest BCUT2D eigenvalue weighted by Gasteiger charge is 2.10. The molecule has 4 nitrogen and oxygen atoms in total. The Labute approximate surface area is 122 Å². The van der Waals surface area contributed by atoms with Crippen LogP contribution in [0.25, 0.3) is 0 Å². The second kappa shape index (κ2) is 6.85. The van der Waals surface area contributed by atoms with Gasteiger partial charge in [-0.05, 0) is 42.3 Å². The van der Waals surface area contributed by atoms with Crippen LogP contribution in [0.3, 0.4) is 0 Å². The van der Waals surface area contributed by atoms with Gasteiger partial charge in [-0.25, -0.2) is 4.39 Å². The number of amides is 1. The highest BCUT2D eigenvalue weighted by Crippen LogP contribution is 2.19. The van der Waals surface area contributed by atoms with Gasteiger partial charge in [-0.2, -0.15) is 0 Å². The Morgan fingerprint density at radius 1 is 1.24 bits per heavy atom. The molecule has 0 aromatic heterocycles. The molecule has 0 aliphatic heterocycles. The number of halogens is 1. The van der Waals surface area contributed by atoms with Crippen LogP contribution in [0.4, 0.5) is 10.1 Å². The maximum absolute atomic E-state index is 13.3. The number of carbonyl (C=O) groups is 1. The number of nitrogens with one attached hydrogen (secondary N) is 1. The van der Waals surface area contributed by atoms with Crippen LogP contribution in [-0.2, 0) is 6.42 Å². The Balaban J connectivity index is 2.10. The zero-order valence-electron chi connectivity index (χ0n) is 11.6. The smallest absolute Gasteiger partial charge is 0.255 e. The van der Waals surface area contributed by atoms with E-state index in [1.807, 2.05) is 12.1 Å². The number of methoxy groups -OCH3 is 1. The molecule has 2 aromatic rings. The van der Waals surface area contributed by atoms with Gasteiger partial charge in [0, 0.05) is 17.9 Å². The van der Waals surface area contributed by atoms with E-state index in [-0.39, 0.29) is 18.3 Å². The molecule has 0 atom stereocenters. The molecule has 0 fully saturated rings. The van der Waals surface area contributed by atoms with Gasteiger partial charge in [-0.3, -0.25) is 4.79 Å². The molecule has 0 aliphatic carbocycles. The number of benzene rings is 2. The van der Waals surface area contributed by atoms with E-state index in [1.54, 1.807) is 12.1 Å². The van der Waals surface area contributed by atoms with Crippen molar-refractivity contribution in [3.8, 4) is 5.75 Å². The molecule has 2 N–H and O–H groups in total. The molecule has 0 unspecified atom stereocenters. The van der Waals surface area contributed by atoms with E-state index >= 15 is 0 Å². The lowest BCUT2D eigenvalue weighted by Crippen LogP contribution is -2.12. The molecule has 1 amide bonds. The Kier molecular flexibility index (Phi) is 4.90. The third-order valence-corrected chi connectivity index (χ3v) is 3.03. The first-order valence-corrected chi connectivity index (χ1v) is 6.48. The zero-order valence-corrected chi connectivity index (χ0v) is 11.6. The van der Waals surface area contributed by atoms with Gasteiger partial charge in [0.25, 0.3) is 5.91 Å². The number of ether oxygens (including phenoxy) is 1. The van der Waals surface area contributed by atoms with Gasteiger partial charge in [0.1, 0.15) is 0 Å². The number of rotatable bonds is 5. The van der Waals surface area contributed by atoms with Crippen LogP contribution in [0.1, 0.15) is 15.9 Å². The first-order valence-electron chi connectivity index (χ1n) is 6.48. The summed E-state index contributed by atoms with van der Waals surface area (Å²) < 4.78 is 18.2. The summed E-state index contributed by atoms with van der Waals surface area (Å²) in [6.45, 7) is 0.0844. The van der Waals surface area contributed by atoms with Gasteiger partial charge in [0.05, 0.1) is 7.11 Å². The molecule has 21 heavy (non-hydrogen) atoms. The lowest BCUT2D eigenvalue weighted by atomic mass is 10.1. The van der Waals surface area contributed by atoms with Crippen LogP contribution in [-0.4, -0.2) is 24.7 Å². The van der Waals surface area contributed by atoms with E-state index in [0.717, 1.165) is 5.56 Å². The van der Waals surface area contributed by atoms with Crippen LogP contribution < -0.4 is 10.1 Å². The minimum atomic E-state index is -0.512. The summed E-state index contributed by atoms with van der Waals surface area (Å²) in [4.78, 5) is 12.1. The van der Waals surface area contributed by atoms with E-state index in [2.05, 4.69) is 5.32 Å². The summed E-state index contributed by atoms with van der Waals surface area (Å²) in [7, 11) is 1.35. The lowest BCUT2D eigenvalue weighted by molar-refractivity contribution is 0.102. The van der Waals surface area contributed by atoms with Crippen molar-refractivity contribution in [2.75, 3.05) is 19.0 Å². The Hall–Kier alpha value is -2.40. The molecule has 0 heterocycles. The lowest BCUT2D eigenvalue weighted by Gasteiger charge is -2.08. The van der Waals surface area contributed by atoms with Crippen molar-refractivity contribution < 1.29 is 19.0 Å². The standard InChI is InChI=1S/C16H16FNO3/c1-21-15-10-12(4-7-14(15)17)16(20)18-13-5-2-11(3-6-13)8-9-19/h2-7,10,19H,8-9H2,1H3,(H,18,20). The van der Waals surface area contributed by atoms with Crippen LogP contribution in [0.15, 0.2) is 42.5 Å². The average molecular weight is 289 g/mol. The maximum atomic E-state index is 13.3. The van der Waals surface area contributed by atoms with Gasteiger partial charge >= 0.3 is 0 Å². The molecular weight excluding hydrogens is 273 g/mol. The number of anilines is 1. The fourth-order valence-electron chi connectivity index (χ4n) is 1.89. The second-order valence-corrected chi connectivity index (χ2v) is 4.47. The van der Waals surface area contributed by atoms with Crippen molar-refractivity contribution in [2.24, 2.45) is 0 Å². The molecule has 0 spiro atoms. The van der Waals surface area contributed by atoms with Crippen molar-refractivity contribution in [2.45, 2.75) is 6.42 Å². The first-order chi connectivity index (χ1) is 10.1. The van der Waals surface area contributed by atoms with Crippen LogP contribution in [0, 0.1) is 5.82 Å². The predicted octanol–water partition coefficient (Wildman–Crippen LogP) is 2.62. The Bertz CT molecular complexity index is 626. The largest absolute Gasteiger partial charge is 0.494 e. The molecule has 0 bridgehead atoms. The number of hydrogen-bond donors (Lipinski definition) is 2. The number of hydrogen-bond acceptors (Lipinski definition) is 3. The Morgan fingerprint density at radius 2 is 1.95 bits per heavy atom. The summed E-state index contributed by atoms with van der Waals surface area (Å²) in [6, 6.07) is 11.1. The van der Waals surface area contributed by atoms with E-state index in [4.69, 9.17) is 9.84 Å². The molecule has 110 valence electrons. The molecule has 2 rings (SSSR count). The molecule has 0 saturated heterocycles. The minimum absolute atomic E-state index is 0.0287. The maximum Gasteiger partial charge on any atom is 0.255 e. The van der Waals surface area contributed by atoms with Gasteiger partial charge in [-0.1, -0.05) is 12.1 Å². The zero-order chi connectivity index (χ0) is 15.2. The average Bonchev–Trinajstić information content (AvgIpc) is 2.50. The second-order valence-electron chi connectivity index (χ2n) is 4.47. The van der Waals surface area contributed by atoms with Gasteiger partial charge in [0.15, 0.2) is 11.6 Å². The number of aliphatic hydroxyl groups excluding tert-OH is 1. The summed E-state index contributed by atoms with van der Waals surface area (Å²) in [5, 5.41) is 11.6. The summed E-state index contributed by atoms with van der Waals surface area (Å²) in [5.74, 6) is -0.827. The van der Waals surface area contributed by atoms with Gasteiger partial charge < -0.3 is 15.2 Å². The van der Waals surface area contributed by atoms with Crippen molar-refractivity contribution >= 4 is 11.6 Å². The number of carbonyl (C=O) groups excluding carboxylic acids is 1. The van der Waals surface area contributed by atoms with E-state index in [1.165, 1.54) is 25.3 Å². The van der Waals surface area contributed by atoms with E-state index < -0.39 is 5.82 Å². The molecule has 0 aliphatic rings. The van der Waals surface area contributed by atoms with Gasteiger partial charge in [0.2, 0.25) is 0 Å². The van der Waals surface area contributed by atoms with E-state index in [9.17, 15) is 9.18 Å².